The summed E-state index contributed by atoms with van der Waals surface area (Å²) in [7, 11) is 0. The minimum Gasteiger partial charge on any atom is -0.481 e. The fourth-order valence-electron chi connectivity index (χ4n) is 5.41. The zero-order chi connectivity index (χ0) is 25.0. The molecular weight excluding hydrogens is 448 g/mol. The van der Waals surface area contributed by atoms with Gasteiger partial charge in [0, 0.05) is 12.5 Å². The Labute approximate surface area is 204 Å². The van der Waals surface area contributed by atoms with Crippen molar-refractivity contribution in [3.8, 4) is 11.1 Å². The van der Waals surface area contributed by atoms with E-state index in [2.05, 4.69) is 22.8 Å². The number of ether oxygens (including phenoxy) is 1. The lowest BCUT2D eigenvalue weighted by atomic mass is 9.75. The molecule has 2 aromatic rings. The van der Waals surface area contributed by atoms with Gasteiger partial charge >= 0.3 is 12.1 Å². The number of carbonyl (C=O) groups is 3. The maximum Gasteiger partial charge on any atom is 0.408 e. The summed E-state index contributed by atoms with van der Waals surface area (Å²) in [6.45, 7) is 1.97. The Morgan fingerprint density at radius 2 is 1.71 bits per heavy atom. The summed E-state index contributed by atoms with van der Waals surface area (Å²) in [5.41, 5.74) is 3.31. The van der Waals surface area contributed by atoms with E-state index in [1.807, 2.05) is 43.3 Å². The SMILES string of the molecule is CC1CCCC(NC(=O)OCC2c3ccccc3-c3ccccc32)(C(=O)NCC(O)CC(=O)O)C1. The van der Waals surface area contributed by atoms with Gasteiger partial charge in [-0.2, -0.15) is 0 Å². The first kappa shape index (κ1) is 24.7. The summed E-state index contributed by atoms with van der Waals surface area (Å²) in [6, 6.07) is 16.1. The molecule has 2 amide bonds. The van der Waals surface area contributed by atoms with Gasteiger partial charge in [0.1, 0.15) is 12.1 Å². The van der Waals surface area contributed by atoms with Crippen molar-refractivity contribution in [2.75, 3.05) is 13.2 Å². The van der Waals surface area contributed by atoms with Crippen molar-refractivity contribution in [2.45, 2.75) is 56.6 Å². The van der Waals surface area contributed by atoms with Crippen LogP contribution in [0.25, 0.3) is 11.1 Å². The molecule has 0 aliphatic heterocycles. The maximum atomic E-state index is 13.1. The van der Waals surface area contributed by atoms with E-state index in [-0.39, 0.29) is 25.0 Å². The highest BCUT2D eigenvalue weighted by Crippen LogP contribution is 2.44. The topological polar surface area (TPSA) is 125 Å². The predicted octanol–water partition coefficient (Wildman–Crippen LogP) is 3.43. The first-order valence-corrected chi connectivity index (χ1v) is 12.1. The van der Waals surface area contributed by atoms with Gasteiger partial charge in [-0.3, -0.25) is 9.59 Å². The van der Waals surface area contributed by atoms with Gasteiger partial charge in [-0.15, -0.1) is 0 Å². The Morgan fingerprint density at radius 1 is 1.09 bits per heavy atom. The number of benzene rings is 2. The van der Waals surface area contributed by atoms with Crippen LogP contribution in [0.1, 0.15) is 56.1 Å². The van der Waals surface area contributed by atoms with Gasteiger partial charge in [0.2, 0.25) is 5.91 Å². The fraction of sp³-hybridized carbons (Fsp3) is 0.444. The van der Waals surface area contributed by atoms with Crippen LogP contribution in [0, 0.1) is 5.92 Å². The molecule has 8 nitrogen and oxygen atoms in total. The van der Waals surface area contributed by atoms with Crippen LogP contribution in [0.15, 0.2) is 48.5 Å². The lowest BCUT2D eigenvalue weighted by Gasteiger charge is -2.39. The lowest BCUT2D eigenvalue weighted by Crippen LogP contribution is -2.61. The Bertz CT molecular complexity index is 1060. The van der Waals surface area contributed by atoms with Crippen LogP contribution in [-0.4, -0.2) is 53.0 Å². The third kappa shape index (κ3) is 5.48. The van der Waals surface area contributed by atoms with Crippen molar-refractivity contribution in [1.29, 1.82) is 0 Å². The quantitative estimate of drug-likeness (QED) is 0.459. The summed E-state index contributed by atoms with van der Waals surface area (Å²) in [5.74, 6) is -1.45. The second-order valence-corrected chi connectivity index (χ2v) is 9.70. The average Bonchev–Trinajstić information content (AvgIpc) is 3.14. The molecule has 4 N–H and O–H groups in total. The Morgan fingerprint density at radius 3 is 2.31 bits per heavy atom. The number of alkyl carbamates (subject to hydrolysis) is 1. The highest BCUT2D eigenvalue weighted by molar-refractivity contribution is 5.90. The molecule has 0 aromatic heterocycles. The van der Waals surface area contributed by atoms with Gasteiger partial charge in [-0.05, 0) is 41.0 Å². The zero-order valence-corrected chi connectivity index (χ0v) is 19.8. The van der Waals surface area contributed by atoms with Crippen LogP contribution in [0.4, 0.5) is 4.79 Å². The summed E-state index contributed by atoms with van der Waals surface area (Å²) in [5, 5.41) is 24.1. The first-order valence-electron chi connectivity index (χ1n) is 12.1. The molecule has 0 spiro atoms. The molecule has 0 radical (unpaired) electrons. The lowest BCUT2D eigenvalue weighted by molar-refractivity contribution is -0.139. The molecule has 186 valence electrons. The number of carboxylic acids is 1. The molecule has 3 unspecified atom stereocenters. The van der Waals surface area contributed by atoms with Crippen LogP contribution in [0.5, 0.6) is 0 Å². The van der Waals surface area contributed by atoms with E-state index in [4.69, 9.17) is 9.84 Å². The van der Waals surface area contributed by atoms with E-state index >= 15 is 0 Å². The number of fused-ring (bicyclic) bond motifs is 3. The normalized spacial score (nSPS) is 21.9. The van der Waals surface area contributed by atoms with Gasteiger partial charge in [-0.1, -0.05) is 68.3 Å². The van der Waals surface area contributed by atoms with Crippen molar-refractivity contribution in [1.82, 2.24) is 10.6 Å². The summed E-state index contributed by atoms with van der Waals surface area (Å²) >= 11 is 0. The molecule has 1 fully saturated rings. The van der Waals surface area contributed by atoms with Gasteiger partial charge < -0.3 is 25.6 Å². The largest absolute Gasteiger partial charge is 0.481 e. The van der Waals surface area contributed by atoms with Crippen molar-refractivity contribution < 1.29 is 29.3 Å². The van der Waals surface area contributed by atoms with E-state index in [0.29, 0.717) is 12.8 Å². The summed E-state index contributed by atoms with van der Waals surface area (Å²) in [6.07, 6.45) is 0.259. The number of carboxylic acid groups (broad SMARTS) is 1. The molecular formula is C27H32N2O6. The molecule has 0 bridgehead atoms. The van der Waals surface area contributed by atoms with Crippen LogP contribution in [0.3, 0.4) is 0 Å². The predicted molar refractivity (Wildman–Crippen MR) is 130 cm³/mol. The molecule has 2 aliphatic rings. The van der Waals surface area contributed by atoms with E-state index in [9.17, 15) is 19.5 Å². The molecule has 3 atom stereocenters. The Hall–Kier alpha value is -3.39. The van der Waals surface area contributed by atoms with Gasteiger partial charge in [0.25, 0.3) is 0 Å². The van der Waals surface area contributed by atoms with Gasteiger partial charge in [0.05, 0.1) is 12.5 Å². The third-order valence-electron chi connectivity index (χ3n) is 7.03. The van der Waals surface area contributed by atoms with E-state index in [1.165, 1.54) is 0 Å². The number of amides is 2. The Balaban J connectivity index is 1.43. The highest BCUT2D eigenvalue weighted by Gasteiger charge is 2.43. The van der Waals surface area contributed by atoms with Crippen LogP contribution >= 0.6 is 0 Å². The number of aliphatic hydroxyl groups is 1. The second-order valence-electron chi connectivity index (χ2n) is 9.70. The van der Waals surface area contributed by atoms with E-state index in [1.54, 1.807) is 0 Å². The third-order valence-corrected chi connectivity index (χ3v) is 7.03. The summed E-state index contributed by atoms with van der Waals surface area (Å²) < 4.78 is 5.67. The molecule has 35 heavy (non-hydrogen) atoms. The highest BCUT2D eigenvalue weighted by atomic mass is 16.5. The number of hydrogen-bond acceptors (Lipinski definition) is 5. The number of carbonyl (C=O) groups excluding carboxylic acids is 2. The molecule has 0 heterocycles. The number of nitrogens with one attached hydrogen (secondary N) is 2. The molecule has 8 heteroatoms. The van der Waals surface area contributed by atoms with Gasteiger partial charge in [0.15, 0.2) is 0 Å². The molecule has 0 saturated heterocycles. The number of aliphatic carboxylic acids is 1. The average molecular weight is 481 g/mol. The molecule has 4 rings (SSSR count). The minimum atomic E-state index is -1.20. The number of rotatable bonds is 8. The first-order chi connectivity index (χ1) is 16.8. The van der Waals surface area contributed by atoms with Crippen LogP contribution < -0.4 is 10.6 Å². The number of aliphatic hydroxyl groups excluding tert-OH is 1. The zero-order valence-electron chi connectivity index (χ0n) is 19.8. The van der Waals surface area contributed by atoms with Crippen LogP contribution in [0.2, 0.25) is 0 Å². The monoisotopic (exact) mass is 480 g/mol. The second kappa shape index (κ2) is 10.5. The minimum absolute atomic E-state index is 0.0885. The number of hydrogen-bond donors (Lipinski definition) is 4. The fourth-order valence-corrected chi connectivity index (χ4v) is 5.41. The standard InChI is InChI=1S/C27H32N2O6/c1-17-7-6-12-27(14-17,25(33)28-15-18(30)13-24(31)32)29-26(34)35-16-23-21-10-4-2-8-19(21)20-9-3-5-11-22(20)23/h2-5,8-11,17-18,23,30H,6-7,12-16H2,1H3,(H,28,33)(H,29,34)(H,31,32). The van der Waals surface area contributed by atoms with Crippen molar-refractivity contribution in [3.05, 3.63) is 59.7 Å². The van der Waals surface area contributed by atoms with Crippen molar-refractivity contribution in [3.63, 3.8) is 0 Å². The smallest absolute Gasteiger partial charge is 0.408 e. The van der Waals surface area contributed by atoms with E-state index in [0.717, 1.165) is 35.1 Å². The van der Waals surface area contributed by atoms with Crippen molar-refractivity contribution in [2.24, 2.45) is 5.92 Å². The van der Waals surface area contributed by atoms with Crippen molar-refractivity contribution >= 4 is 18.0 Å². The molecule has 1 saturated carbocycles. The maximum absolute atomic E-state index is 13.1. The Kier molecular flexibility index (Phi) is 7.40. The van der Waals surface area contributed by atoms with Gasteiger partial charge in [-0.25, -0.2) is 4.79 Å². The summed E-state index contributed by atoms with van der Waals surface area (Å²) in [4.78, 5) is 36.9. The van der Waals surface area contributed by atoms with Crippen LogP contribution in [-0.2, 0) is 14.3 Å². The van der Waals surface area contributed by atoms with E-state index < -0.39 is 36.0 Å². The molecule has 2 aromatic carbocycles. The molecule has 2 aliphatic carbocycles.